The molecule has 0 unspecified atom stereocenters. The Labute approximate surface area is 118 Å². The van der Waals surface area contributed by atoms with Gasteiger partial charge in [-0.05, 0) is 52.8 Å². The van der Waals surface area contributed by atoms with Gasteiger partial charge < -0.3 is 0 Å². The second-order valence-corrected chi connectivity index (χ2v) is 6.30. The van der Waals surface area contributed by atoms with Gasteiger partial charge in [0, 0.05) is 3.57 Å². The Hall–Kier alpha value is -0.940. The van der Waals surface area contributed by atoms with Crippen LogP contribution >= 0.6 is 33.9 Å². The maximum atomic E-state index is 4.52. The van der Waals surface area contributed by atoms with Gasteiger partial charge in [-0.2, -0.15) is 0 Å². The second-order valence-electron chi connectivity index (χ2n) is 3.90. The van der Waals surface area contributed by atoms with Crippen molar-refractivity contribution in [3.8, 4) is 11.1 Å². The molecule has 2 aromatic carbocycles. The lowest BCUT2D eigenvalue weighted by Crippen LogP contribution is -1.82. The standard InChI is InChI=1S/C14H10INS/c1-9-16-13-8-12(15)11(7-14(13)17-9)10-5-3-2-4-6-10/h2-8H,1H3. The van der Waals surface area contributed by atoms with Gasteiger partial charge in [-0.3, -0.25) is 0 Å². The van der Waals surface area contributed by atoms with Crippen molar-refractivity contribution < 1.29 is 0 Å². The van der Waals surface area contributed by atoms with Crippen LogP contribution in [0, 0.1) is 10.5 Å². The van der Waals surface area contributed by atoms with Gasteiger partial charge >= 0.3 is 0 Å². The van der Waals surface area contributed by atoms with Crippen LogP contribution in [0.25, 0.3) is 21.3 Å². The third kappa shape index (κ3) is 2.09. The van der Waals surface area contributed by atoms with E-state index in [2.05, 4.69) is 70.9 Å². The molecule has 0 aliphatic carbocycles. The highest BCUT2D eigenvalue weighted by atomic mass is 127. The summed E-state index contributed by atoms with van der Waals surface area (Å²) < 4.78 is 2.52. The van der Waals surface area contributed by atoms with E-state index >= 15 is 0 Å². The predicted octanol–water partition coefficient (Wildman–Crippen LogP) is 4.88. The van der Waals surface area contributed by atoms with Crippen LogP contribution in [0.15, 0.2) is 42.5 Å². The fourth-order valence-electron chi connectivity index (χ4n) is 1.90. The molecule has 3 heteroatoms. The number of aromatic nitrogens is 1. The summed E-state index contributed by atoms with van der Waals surface area (Å²) in [6.07, 6.45) is 0. The Balaban J connectivity index is 2.26. The van der Waals surface area contributed by atoms with Gasteiger partial charge in [-0.1, -0.05) is 30.3 Å². The van der Waals surface area contributed by atoms with Crippen LogP contribution in [0.3, 0.4) is 0 Å². The molecule has 0 saturated heterocycles. The molecule has 0 bridgehead atoms. The number of hydrogen-bond donors (Lipinski definition) is 0. The highest BCUT2D eigenvalue weighted by molar-refractivity contribution is 14.1. The zero-order valence-corrected chi connectivity index (χ0v) is 12.2. The number of rotatable bonds is 1. The van der Waals surface area contributed by atoms with Crippen LogP contribution < -0.4 is 0 Å². The molecule has 1 heterocycles. The Bertz CT molecular complexity index is 673. The highest BCUT2D eigenvalue weighted by Crippen LogP contribution is 2.32. The molecule has 0 amide bonds. The number of nitrogens with zero attached hydrogens (tertiary/aromatic N) is 1. The lowest BCUT2D eigenvalue weighted by Gasteiger charge is -2.04. The SMILES string of the molecule is Cc1nc2cc(I)c(-c3ccccc3)cc2s1. The van der Waals surface area contributed by atoms with Crippen molar-refractivity contribution in [2.24, 2.45) is 0 Å². The normalized spacial score (nSPS) is 10.9. The predicted molar refractivity (Wildman–Crippen MR) is 82.5 cm³/mol. The van der Waals surface area contributed by atoms with Crippen molar-refractivity contribution in [3.05, 3.63) is 51.0 Å². The first-order chi connectivity index (χ1) is 8.24. The lowest BCUT2D eigenvalue weighted by atomic mass is 10.1. The highest BCUT2D eigenvalue weighted by Gasteiger charge is 2.07. The molecule has 3 aromatic rings. The molecule has 0 aliphatic rings. The maximum absolute atomic E-state index is 4.52. The Morgan fingerprint density at radius 3 is 2.65 bits per heavy atom. The van der Waals surface area contributed by atoms with Gasteiger partial charge in [0.1, 0.15) is 0 Å². The average Bonchev–Trinajstić information content (AvgIpc) is 2.68. The molecule has 0 aliphatic heterocycles. The molecule has 3 rings (SSSR count). The smallest absolute Gasteiger partial charge is 0.0907 e. The van der Waals surface area contributed by atoms with E-state index in [1.54, 1.807) is 11.3 Å². The van der Waals surface area contributed by atoms with E-state index in [0.29, 0.717) is 0 Å². The van der Waals surface area contributed by atoms with Gasteiger partial charge in [0.25, 0.3) is 0 Å². The molecule has 0 spiro atoms. The van der Waals surface area contributed by atoms with E-state index in [9.17, 15) is 0 Å². The minimum Gasteiger partial charge on any atom is -0.241 e. The van der Waals surface area contributed by atoms with E-state index < -0.39 is 0 Å². The molecule has 1 nitrogen and oxygen atoms in total. The molecule has 17 heavy (non-hydrogen) atoms. The lowest BCUT2D eigenvalue weighted by molar-refractivity contribution is 1.34. The first-order valence-corrected chi connectivity index (χ1v) is 7.26. The van der Waals surface area contributed by atoms with Crippen LogP contribution in [-0.4, -0.2) is 4.98 Å². The minimum atomic E-state index is 1.11. The Morgan fingerprint density at radius 2 is 1.88 bits per heavy atom. The number of thiazole rings is 1. The summed E-state index contributed by atoms with van der Waals surface area (Å²) in [5, 5.41) is 1.13. The summed E-state index contributed by atoms with van der Waals surface area (Å²) in [6, 6.07) is 14.9. The van der Waals surface area contributed by atoms with E-state index in [0.717, 1.165) is 10.5 Å². The van der Waals surface area contributed by atoms with Gasteiger partial charge in [0.2, 0.25) is 0 Å². The summed E-state index contributed by atoms with van der Waals surface area (Å²) in [6.45, 7) is 2.06. The van der Waals surface area contributed by atoms with Crippen LogP contribution in [0.4, 0.5) is 0 Å². The van der Waals surface area contributed by atoms with Gasteiger partial charge in [0.05, 0.1) is 15.2 Å². The van der Waals surface area contributed by atoms with Crippen molar-refractivity contribution in [3.63, 3.8) is 0 Å². The average molecular weight is 351 g/mol. The van der Waals surface area contributed by atoms with E-state index in [-0.39, 0.29) is 0 Å². The zero-order chi connectivity index (χ0) is 11.8. The molecule has 84 valence electrons. The first-order valence-electron chi connectivity index (χ1n) is 5.36. The van der Waals surface area contributed by atoms with Gasteiger partial charge in [-0.25, -0.2) is 4.98 Å². The largest absolute Gasteiger partial charge is 0.241 e. The van der Waals surface area contributed by atoms with Crippen molar-refractivity contribution in [2.45, 2.75) is 6.92 Å². The monoisotopic (exact) mass is 351 g/mol. The third-order valence-electron chi connectivity index (χ3n) is 2.67. The number of benzene rings is 2. The second kappa shape index (κ2) is 4.38. The van der Waals surface area contributed by atoms with Gasteiger partial charge in [0.15, 0.2) is 0 Å². The molecule has 0 fully saturated rings. The molecule has 0 saturated carbocycles. The molecule has 1 aromatic heterocycles. The van der Waals surface area contributed by atoms with E-state index in [4.69, 9.17) is 0 Å². The fraction of sp³-hybridized carbons (Fsp3) is 0.0714. The summed E-state index contributed by atoms with van der Waals surface area (Å²) >= 11 is 4.14. The molecular formula is C14H10INS. The zero-order valence-electron chi connectivity index (χ0n) is 9.27. The third-order valence-corrected chi connectivity index (χ3v) is 4.50. The summed E-state index contributed by atoms with van der Waals surface area (Å²) in [5.74, 6) is 0. The number of aryl methyl sites for hydroxylation is 1. The van der Waals surface area contributed by atoms with Crippen molar-refractivity contribution in [2.75, 3.05) is 0 Å². The fourth-order valence-corrected chi connectivity index (χ4v) is 3.51. The van der Waals surface area contributed by atoms with Crippen molar-refractivity contribution in [1.29, 1.82) is 0 Å². The van der Waals surface area contributed by atoms with Crippen LogP contribution in [0.2, 0.25) is 0 Å². The van der Waals surface area contributed by atoms with Crippen molar-refractivity contribution in [1.82, 2.24) is 4.98 Å². The molecule has 0 N–H and O–H groups in total. The summed E-state index contributed by atoms with van der Waals surface area (Å²) in [5.41, 5.74) is 3.67. The topological polar surface area (TPSA) is 12.9 Å². The van der Waals surface area contributed by atoms with E-state index in [1.807, 2.05) is 6.07 Å². The minimum absolute atomic E-state index is 1.11. The Kier molecular flexibility index (Phi) is 2.88. The quantitative estimate of drug-likeness (QED) is 0.570. The van der Waals surface area contributed by atoms with Crippen LogP contribution in [0.1, 0.15) is 5.01 Å². The maximum Gasteiger partial charge on any atom is 0.0907 e. The Morgan fingerprint density at radius 1 is 1.12 bits per heavy atom. The van der Waals surface area contributed by atoms with E-state index in [1.165, 1.54) is 19.4 Å². The summed E-state index contributed by atoms with van der Waals surface area (Å²) in [7, 11) is 0. The number of halogens is 1. The summed E-state index contributed by atoms with van der Waals surface area (Å²) in [4.78, 5) is 4.52. The number of hydrogen-bond acceptors (Lipinski definition) is 2. The van der Waals surface area contributed by atoms with Crippen LogP contribution in [-0.2, 0) is 0 Å². The van der Waals surface area contributed by atoms with Gasteiger partial charge in [-0.15, -0.1) is 11.3 Å². The molecule has 0 radical (unpaired) electrons. The number of fused-ring (bicyclic) bond motifs is 1. The first kappa shape index (κ1) is 11.2. The van der Waals surface area contributed by atoms with Crippen LogP contribution in [0.5, 0.6) is 0 Å². The van der Waals surface area contributed by atoms with Crippen molar-refractivity contribution >= 4 is 44.1 Å². The molecule has 0 atom stereocenters. The molecular weight excluding hydrogens is 341 g/mol.